The predicted molar refractivity (Wildman–Crippen MR) is 37.3 cm³/mol. The van der Waals surface area contributed by atoms with Gasteiger partial charge in [0.25, 0.3) is 0 Å². The van der Waals surface area contributed by atoms with Gasteiger partial charge in [-0.3, -0.25) is 0 Å². The Bertz CT molecular complexity index is 220. The molecule has 60 valence electrons. The van der Waals surface area contributed by atoms with Gasteiger partial charge in [-0.1, -0.05) is 5.16 Å². The Kier molecular flexibility index (Phi) is 1.34. The van der Waals surface area contributed by atoms with Gasteiger partial charge in [0.1, 0.15) is 6.10 Å². The maximum atomic E-state index is 10.4. The normalized spacial score (nSPS) is 29.5. The van der Waals surface area contributed by atoms with Crippen LogP contribution in [0.4, 0.5) is 0 Å². The number of hydrogen-bond donors (Lipinski definition) is 1. The molecule has 1 aliphatic heterocycles. The number of carboxylic acids is 1. The first kappa shape index (κ1) is 6.64. The van der Waals surface area contributed by atoms with Gasteiger partial charge in [-0.2, -0.15) is 0 Å². The molecule has 0 saturated heterocycles. The van der Waals surface area contributed by atoms with Gasteiger partial charge < -0.3 is 9.94 Å². The molecule has 11 heavy (non-hydrogen) atoms. The fraction of sp³-hybridized carbons (Fsp3) is 0.714. The molecule has 0 aromatic heterocycles. The number of oxime groups is 1. The van der Waals surface area contributed by atoms with Gasteiger partial charge in [-0.15, -0.1) is 0 Å². The summed E-state index contributed by atoms with van der Waals surface area (Å²) in [4.78, 5) is 15.3. The van der Waals surface area contributed by atoms with Crippen LogP contribution < -0.4 is 0 Å². The molecule has 2 rings (SSSR count). The lowest BCUT2D eigenvalue weighted by Gasteiger charge is -2.02. The lowest BCUT2D eigenvalue weighted by atomic mass is 10.1. The number of aliphatic carboxylic acids is 1. The minimum Gasteiger partial charge on any atom is -0.477 e. The quantitative estimate of drug-likeness (QED) is 0.636. The van der Waals surface area contributed by atoms with Gasteiger partial charge in [-0.25, -0.2) is 4.79 Å². The Morgan fingerprint density at radius 2 is 2.36 bits per heavy atom. The van der Waals surface area contributed by atoms with Crippen LogP contribution >= 0.6 is 0 Å². The lowest BCUT2D eigenvalue weighted by molar-refractivity contribution is -0.129. The van der Waals surface area contributed by atoms with Crippen molar-refractivity contribution in [3.05, 3.63) is 0 Å². The van der Waals surface area contributed by atoms with Crippen molar-refractivity contribution < 1.29 is 14.7 Å². The minimum atomic E-state index is -0.951. The average molecular weight is 155 g/mol. The smallest absolute Gasteiger partial charge is 0.353 e. The highest BCUT2D eigenvalue weighted by Crippen LogP contribution is 2.37. The Morgan fingerprint density at radius 1 is 1.64 bits per heavy atom. The number of carboxylic acid groups (broad SMARTS) is 1. The summed E-state index contributed by atoms with van der Waals surface area (Å²) in [5, 5.41) is 12.0. The maximum absolute atomic E-state index is 10.4. The molecule has 0 aromatic carbocycles. The molecule has 1 fully saturated rings. The van der Waals surface area contributed by atoms with Crippen molar-refractivity contribution in [3.8, 4) is 0 Å². The highest BCUT2D eigenvalue weighted by molar-refractivity contribution is 6.35. The zero-order valence-corrected chi connectivity index (χ0v) is 5.99. The van der Waals surface area contributed by atoms with Crippen molar-refractivity contribution in [2.45, 2.75) is 25.4 Å². The summed E-state index contributed by atoms with van der Waals surface area (Å²) in [7, 11) is 0. The van der Waals surface area contributed by atoms with Crippen LogP contribution in [0.25, 0.3) is 0 Å². The van der Waals surface area contributed by atoms with E-state index in [1.54, 1.807) is 0 Å². The maximum Gasteiger partial charge on any atom is 0.353 e. The molecular weight excluding hydrogens is 146 g/mol. The van der Waals surface area contributed by atoms with Crippen LogP contribution in [0.3, 0.4) is 0 Å². The summed E-state index contributed by atoms with van der Waals surface area (Å²) in [6.07, 6.45) is 2.86. The van der Waals surface area contributed by atoms with E-state index < -0.39 is 5.97 Å². The van der Waals surface area contributed by atoms with E-state index in [0.717, 1.165) is 12.8 Å². The molecule has 0 bridgehead atoms. The largest absolute Gasteiger partial charge is 0.477 e. The zero-order valence-electron chi connectivity index (χ0n) is 5.99. The monoisotopic (exact) mass is 155 g/mol. The Labute approximate surface area is 63.8 Å². The van der Waals surface area contributed by atoms with Crippen LogP contribution in [0.1, 0.15) is 19.3 Å². The molecule has 1 N–H and O–H groups in total. The number of nitrogens with zero attached hydrogens (tertiary/aromatic N) is 1. The SMILES string of the molecule is O=C(O)C1=NOC(C2CC2)C1. The first-order valence-corrected chi connectivity index (χ1v) is 3.73. The molecule has 1 atom stereocenters. The van der Waals surface area contributed by atoms with Crippen LogP contribution in [0.5, 0.6) is 0 Å². The van der Waals surface area contributed by atoms with Crippen molar-refractivity contribution in [1.29, 1.82) is 0 Å². The van der Waals surface area contributed by atoms with E-state index in [4.69, 9.17) is 9.94 Å². The average Bonchev–Trinajstić information content (AvgIpc) is 2.68. The number of hydrogen-bond acceptors (Lipinski definition) is 3. The van der Waals surface area contributed by atoms with Gasteiger partial charge in [0.15, 0.2) is 5.71 Å². The zero-order chi connectivity index (χ0) is 7.84. The molecule has 0 amide bonds. The van der Waals surface area contributed by atoms with Crippen molar-refractivity contribution in [2.75, 3.05) is 0 Å². The predicted octanol–water partition coefficient (Wildman–Crippen LogP) is 0.626. The highest BCUT2D eigenvalue weighted by Gasteiger charge is 2.38. The van der Waals surface area contributed by atoms with Gasteiger partial charge in [0.2, 0.25) is 0 Å². The highest BCUT2D eigenvalue weighted by atomic mass is 16.6. The van der Waals surface area contributed by atoms with Crippen LogP contribution in [0.15, 0.2) is 5.16 Å². The van der Waals surface area contributed by atoms with Gasteiger partial charge in [-0.05, 0) is 18.8 Å². The summed E-state index contributed by atoms with van der Waals surface area (Å²) >= 11 is 0. The van der Waals surface area contributed by atoms with Crippen LogP contribution in [-0.2, 0) is 9.63 Å². The third-order valence-corrected chi connectivity index (χ3v) is 2.09. The molecule has 1 unspecified atom stereocenters. The molecule has 4 heteroatoms. The Morgan fingerprint density at radius 3 is 2.82 bits per heavy atom. The van der Waals surface area contributed by atoms with E-state index in [0.29, 0.717) is 12.3 Å². The molecule has 0 radical (unpaired) electrons. The third-order valence-electron chi connectivity index (χ3n) is 2.09. The van der Waals surface area contributed by atoms with E-state index in [-0.39, 0.29) is 11.8 Å². The molecular formula is C7H9NO3. The van der Waals surface area contributed by atoms with Crippen LogP contribution in [0.2, 0.25) is 0 Å². The second-order valence-corrected chi connectivity index (χ2v) is 3.03. The van der Waals surface area contributed by atoms with E-state index in [9.17, 15) is 4.79 Å². The molecule has 1 aliphatic carbocycles. The Balaban J connectivity index is 1.93. The van der Waals surface area contributed by atoms with E-state index in [1.165, 1.54) is 0 Å². The van der Waals surface area contributed by atoms with Gasteiger partial charge in [0, 0.05) is 6.42 Å². The fourth-order valence-corrected chi connectivity index (χ4v) is 1.24. The standard InChI is InChI=1S/C7H9NO3/c9-7(10)5-3-6(11-8-5)4-1-2-4/h4,6H,1-3H2,(H,9,10). The summed E-state index contributed by atoms with van der Waals surface area (Å²) in [6.45, 7) is 0. The summed E-state index contributed by atoms with van der Waals surface area (Å²) in [6, 6.07) is 0. The second kappa shape index (κ2) is 2.22. The molecule has 1 heterocycles. The van der Waals surface area contributed by atoms with E-state index in [1.807, 2.05) is 0 Å². The van der Waals surface area contributed by atoms with Crippen molar-refractivity contribution in [2.24, 2.45) is 11.1 Å². The molecule has 2 aliphatic rings. The summed E-state index contributed by atoms with van der Waals surface area (Å²) in [5.74, 6) is -0.385. The van der Waals surface area contributed by atoms with E-state index >= 15 is 0 Å². The lowest BCUT2D eigenvalue weighted by Crippen LogP contribution is -2.15. The summed E-state index contributed by atoms with van der Waals surface area (Å²) in [5.41, 5.74) is 0.168. The van der Waals surface area contributed by atoms with Crippen molar-refractivity contribution >= 4 is 11.7 Å². The first-order valence-electron chi connectivity index (χ1n) is 3.73. The van der Waals surface area contributed by atoms with Crippen molar-refractivity contribution in [1.82, 2.24) is 0 Å². The number of rotatable bonds is 2. The molecule has 0 aromatic rings. The minimum absolute atomic E-state index is 0.0566. The van der Waals surface area contributed by atoms with Gasteiger partial charge >= 0.3 is 5.97 Å². The topological polar surface area (TPSA) is 58.9 Å². The number of carbonyl (C=O) groups is 1. The van der Waals surface area contributed by atoms with Crippen molar-refractivity contribution in [3.63, 3.8) is 0 Å². The van der Waals surface area contributed by atoms with Crippen LogP contribution in [-0.4, -0.2) is 22.9 Å². The molecule has 1 saturated carbocycles. The summed E-state index contributed by atoms with van der Waals surface area (Å²) < 4.78 is 0. The van der Waals surface area contributed by atoms with E-state index in [2.05, 4.69) is 5.16 Å². The van der Waals surface area contributed by atoms with Gasteiger partial charge in [0.05, 0.1) is 0 Å². The van der Waals surface area contributed by atoms with Crippen LogP contribution in [0, 0.1) is 5.92 Å². The molecule has 0 spiro atoms. The Hall–Kier alpha value is -1.06. The second-order valence-electron chi connectivity index (χ2n) is 3.03. The molecule has 4 nitrogen and oxygen atoms in total. The fourth-order valence-electron chi connectivity index (χ4n) is 1.24. The first-order chi connectivity index (χ1) is 5.27. The third kappa shape index (κ3) is 1.20.